The second-order valence-electron chi connectivity index (χ2n) is 5.62. The van der Waals surface area contributed by atoms with Gasteiger partial charge >= 0.3 is 0 Å². The minimum atomic E-state index is -4.00. The van der Waals surface area contributed by atoms with Crippen LogP contribution in [0.4, 0.5) is 4.39 Å². The molecule has 1 aliphatic carbocycles. The molecular weight excluding hydrogens is 331 g/mol. The van der Waals surface area contributed by atoms with E-state index in [2.05, 4.69) is 9.62 Å². The largest absolute Gasteiger partial charge is 0.374 e. The molecule has 0 aromatic heterocycles. The topological polar surface area (TPSA) is 58.6 Å². The summed E-state index contributed by atoms with van der Waals surface area (Å²) in [6, 6.07) is 4.41. The molecule has 5 nitrogen and oxygen atoms in total. The molecule has 22 heavy (non-hydrogen) atoms. The number of morpholine rings is 1. The van der Waals surface area contributed by atoms with Crippen LogP contribution in [0.3, 0.4) is 0 Å². The zero-order chi connectivity index (χ0) is 15.7. The molecule has 0 amide bonds. The first-order valence-corrected chi connectivity index (χ1v) is 9.13. The van der Waals surface area contributed by atoms with Crippen LogP contribution in [0.15, 0.2) is 23.1 Å². The third-order valence-corrected chi connectivity index (χ3v) is 5.85. The number of ether oxygens (including phenoxy) is 1. The molecule has 122 valence electrons. The Morgan fingerprint density at radius 1 is 1.41 bits per heavy atom. The standard InChI is InChI=1S/C14H18ClFN2O3S/c15-12-2-1-3-13(16)14(12)22(19,20)17-8-11-9-18(6-7-21-11)10-4-5-10/h1-3,10-11,17H,4-9H2/t11-/m1/s1. The predicted molar refractivity (Wildman–Crippen MR) is 80.9 cm³/mol. The molecule has 1 aromatic carbocycles. The summed E-state index contributed by atoms with van der Waals surface area (Å²) in [5.41, 5.74) is 0. The molecule has 1 saturated carbocycles. The number of hydrogen-bond acceptors (Lipinski definition) is 4. The average Bonchev–Trinajstić information content (AvgIpc) is 3.30. The van der Waals surface area contributed by atoms with Crippen molar-refractivity contribution in [2.24, 2.45) is 0 Å². The van der Waals surface area contributed by atoms with Gasteiger partial charge in [0.1, 0.15) is 10.7 Å². The van der Waals surface area contributed by atoms with Gasteiger partial charge in [-0.25, -0.2) is 17.5 Å². The summed E-state index contributed by atoms with van der Waals surface area (Å²) >= 11 is 5.81. The van der Waals surface area contributed by atoms with Gasteiger partial charge in [0.25, 0.3) is 0 Å². The third kappa shape index (κ3) is 3.60. The highest BCUT2D eigenvalue weighted by Gasteiger charge is 2.33. The van der Waals surface area contributed by atoms with Gasteiger partial charge in [0.15, 0.2) is 0 Å². The van der Waals surface area contributed by atoms with Gasteiger partial charge < -0.3 is 4.74 Å². The number of hydrogen-bond donors (Lipinski definition) is 1. The molecule has 0 bridgehead atoms. The predicted octanol–water partition coefficient (Wildman–Crippen LogP) is 1.62. The first-order valence-electron chi connectivity index (χ1n) is 7.27. The second-order valence-corrected chi connectivity index (χ2v) is 7.73. The molecule has 1 saturated heterocycles. The lowest BCUT2D eigenvalue weighted by molar-refractivity contribution is -0.0277. The maximum absolute atomic E-state index is 13.7. The van der Waals surface area contributed by atoms with Crippen molar-refractivity contribution in [2.75, 3.05) is 26.2 Å². The smallest absolute Gasteiger partial charge is 0.245 e. The number of sulfonamides is 1. The van der Waals surface area contributed by atoms with Crippen molar-refractivity contribution in [2.45, 2.75) is 29.9 Å². The molecule has 3 rings (SSSR count). The van der Waals surface area contributed by atoms with Crippen molar-refractivity contribution in [1.29, 1.82) is 0 Å². The number of nitrogens with zero attached hydrogens (tertiary/aromatic N) is 1. The maximum Gasteiger partial charge on any atom is 0.245 e. The lowest BCUT2D eigenvalue weighted by atomic mass is 10.2. The molecule has 2 aliphatic rings. The number of halogens is 2. The summed E-state index contributed by atoms with van der Waals surface area (Å²) in [5.74, 6) is -0.857. The van der Waals surface area contributed by atoms with Crippen LogP contribution in [-0.4, -0.2) is 51.7 Å². The van der Waals surface area contributed by atoms with E-state index in [1.54, 1.807) is 0 Å². The Morgan fingerprint density at radius 2 is 2.18 bits per heavy atom. The van der Waals surface area contributed by atoms with Crippen LogP contribution in [0, 0.1) is 5.82 Å². The van der Waals surface area contributed by atoms with Crippen LogP contribution in [0.1, 0.15) is 12.8 Å². The summed E-state index contributed by atoms with van der Waals surface area (Å²) < 4.78 is 46.2. The van der Waals surface area contributed by atoms with Crippen molar-refractivity contribution in [3.63, 3.8) is 0 Å². The van der Waals surface area contributed by atoms with Gasteiger partial charge in [-0.2, -0.15) is 0 Å². The van der Waals surface area contributed by atoms with E-state index >= 15 is 0 Å². The lowest BCUT2D eigenvalue weighted by Crippen LogP contribution is -2.48. The second kappa shape index (κ2) is 6.41. The maximum atomic E-state index is 13.7. The van der Waals surface area contributed by atoms with Gasteiger partial charge in [-0.3, -0.25) is 4.90 Å². The molecule has 0 radical (unpaired) electrons. The monoisotopic (exact) mass is 348 g/mol. The molecule has 1 aliphatic heterocycles. The fourth-order valence-electron chi connectivity index (χ4n) is 2.65. The van der Waals surface area contributed by atoms with Gasteiger partial charge in [0.2, 0.25) is 10.0 Å². The zero-order valence-electron chi connectivity index (χ0n) is 12.0. The molecule has 0 spiro atoms. The molecule has 8 heteroatoms. The zero-order valence-corrected chi connectivity index (χ0v) is 13.5. The van der Waals surface area contributed by atoms with Crippen LogP contribution in [0.5, 0.6) is 0 Å². The number of nitrogens with one attached hydrogen (secondary N) is 1. The summed E-state index contributed by atoms with van der Waals surface area (Å²) in [6.07, 6.45) is 2.17. The Hall–Kier alpha value is -0.730. The first kappa shape index (κ1) is 16.1. The quantitative estimate of drug-likeness (QED) is 0.878. The first-order chi connectivity index (χ1) is 10.5. The Kier molecular flexibility index (Phi) is 4.70. The molecular formula is C14H18ClFN2O3S. The van der Waals surface area contributed by atoms with Crippen molar-refractivity contribution in [3.05, 3.63) is 29.0 Å². The van der Waals surface area contributed by atoms with Crippen LogP contribution in [0.2, 0.25) is 5.02 Å². The normalized spacial score (nSPS) is 23.6. The van der Waals surface area contributed by atoms with Crippen LogP contribution < -0.4 is 4.72 Å². The molecule has 2 fully saturated rings. The van der Waals surface area contributed by atoms with E-state index in [1.165, 1.54) is 25.0 Å². The summed E-state index contributed by atoms with van der Waals surface area (Å²) in [7, 11) is -4.00. The summed E-state index contributed by atoms with van der Waals surface area (Å²) in [6.45, 7) is 2.27. The average molecular weight is 349 g/mol. The summed E-state index contributed by atoms with van der Waals surface area (Å²) in [4.78, 5) is 1.81. The number of rotatable bonds is 5. The fourth-order valence-corrected chi connectivity index (χ4v) is 4.32. The van der Waals surface area contributed by atoms with E-state index in [1.807, 2.05) is 0 Å². The van der Waals surface area contributed by atoms with E-state index < -0.39 is 20.7 Å². The van der Waals surface area contributed by atoms with Crippen molar-refractivity contribution >= 4 is 21.6 Å². The van der Waals surface area contributed by atoms with E-state index in [4.69, 9.17) is 16.3 Å². The Bertz CT molecular complexity index is 631. The molecule has 1 atom stereocenters. The van der Waals surface area contributed by atoms with E-state index in [-0.39, 0.29) is 17.7 Å². The minimum absolute atomic E-state index is 0.107. The van der Waals surface area contributed by atoms with Crippen LogP contribution in [-0.2, 0) is 14.8 Å². The summed E-state index contributed by atoms with van der Waals surface area (Å²) in [5, 5.41) is -0.128. The van der Waals surface area contributed by atoms with Gasteiger partial charge in [0.05, 0.1) is 17.7 Å². The highest BCUT2D eigenvalue weighted by molar-refractivity contribution is 7.89. The Labute approximate surface area is 134 Å². The van der Waals surface area contributed by atoms with Crippen molar-refractivity contribution in [3.8, 4) is 0 Å². The fraction of sp³-hybridized carbons (Fsp3) is 0.571. The van der Waals surface area contributed by atoms with Gasteiger partial charge in [-0.1, -0.05) is 17.7 Å². The Balaban J connectivity index is 1.64. The van der Waals surface area contributed by atoms with Crippen molar-refractivity contribution < 1.29 is 17.5 Å². The molecule has 1 aromatic rings. The van der Waals surface area contributed by atoms with E-state index in [0.29, 0.717) is 19.2 Å². The SMILES string of the molecule is O=S(=O)(NC[C@@H]1CN(C2CC2)CCO1)c1c(F)cccc1Cl. The van der Waals surface area contributed by atoms with Crippen LogP contribution in [0.25, 0.3) is 0 Å². The minimum Gasteiger partial charge on any atom is -0.374 e. The van der Waals surface area contributed by atoms with Crippen LogP contribution >= 0.6 is 11.6 Å². The molecule has 1 N–H and O–H groups in total. The van der Waals surface area contributed by atoms with Crippen molar-refractivity contribution in [1.82, 2.24) is 9.62 Å². The molecule has 0 unspecified atom stereocenters. The van der Waals surface area contributed by atoms with E-state index in [0.717, 1.165) is 12.6 Å². The van der Waals surface area contributed by atoms with Gasteiger partial charge in [0, 0.05) is 25.7 Å². The Morgan fingerprint density at radius 3 is 2.86 bits per heavy atom. The number of benzene rings is 1. The van der Waals surface area contributed by atoms with Gasteiger partial charge in [-0.15, -0.1) is 0 Å². The lowest BCUT2D eigenvalue weighted by Gasteiger charge is -2.33. The highest BCUT2D eigenvalue weighted by atomic mass is 35.5. The third-order valence-electron chi connectivity index (χ3n) is 3.92. The van der Waals surface area contributed by atoms with E-state index in [9.17, 15) is 12.8 Å². The highest BCUT2D eigenvalue weighted by Crippen LogP contribution is 2.28. The molecule has 1 heterocycles. The van der Waals surface area contributed by atoms with Gasteiger partial charge in [-0.05, 0) is 25.0 Å².